The van der Waals surface area contributed by atoms with Gasteiger partial charge in [-0.3, -0.25) is 0 Å². The van der Waals surface area contributed by atoms with E-state index in [0.717, 1.165) is 22.4 Å². The molecule has 0 spiro atoms. The van der Waals surface area contributed by atoms with Crippen LogP contribution in [0.2, 0.25) is 0 Å². The molecule has 0 saturated carbocycles. The van der Waals surface area contributed by atoms with Crippen molar-refractivity contribution in [2.75, 3.05) is 5.73 Å². The highest BCUT2D eigenvalue weighted by molar-refractivity contribution is 5.75. The zero-order chi connectivity index (χ0) is 13.2. The van der Waals surface area contributed by atoms with Gasteiger partial charge in [-0.05, 0) is 24.6 Å². The van der Waals surface area contributed by atoms with Crippen LogP contribution in [0.4, 0.5) is 5.69 Å². The van der Waals surface area contributed by atoms with Gasteiger partial charge in [-0.15, -0.1) is 5.10 Å². The third-order valence-corrected chi connectivity index (χ3v) is 2.87. The second-order valence-electron chi connectivity index (χ2n) is 4.35. The zero-order valence-corrected chi connectivity index (χ0v) is 10.5. The van der Waals surface area contributed by atoms with Crippen LogP contribution in [0.1, 0.15) is 5.56 Å². The summed E-state index contributed by atoms with van der Waals surface area (Å²) in [6.45, 7) is 1.97. The molecule has 94 valence electrons. The molecule has 3 aromatic rings. The molecule has 0 atom stereocenters. The number of anilines is 1. The summed E-state index contributed by atoms with van der Waals surface area (Å²) in [6.07, 6.45) is 5.38. The number of hydrogen-bond donors (Lipinski definition) is 1. The minimum absolute atomic E-state index is 0.695. The largest absolute Gasteiger partial charge is 0.398 e. The van der Waals surface area contributed by atoms with Crippen LogP contribution in [-0.4, -0.2) is 20.0 Å². The van der Waals surface area contributed by atoms with Crippen LogP contribution < -0.4 is 5.73 Å². The van der Waals surface area contributed by atoms with E-state index in [1.807, 2.05) is 43.5 Å². The van der Waals surface area contributed by atoms with Gasteiger partial charge in [0.25, 0.3) is 0 Å². The van der Waals surface area contributed by atoms with Gasteiger partial charge >= 0.3 is 0 Å². The number of nitrogens with two attached hydrogens (primary N) is 1. The van der Waals surface area contributed by atoms with E-state index in [2.05, 4.69) is 15.3 Å². The maximum atomic E-state index is 5.96. The van der Waals surface area contributed by atoms with Crippen molar-refractivity contribution in [2.45, 2.75) is 6.92 Å². The second kappa shape index (κ2) is 4.53. The molecule has 0 saturated heterocycles. The third kappa shape index (κ3) is 2.18. The van der Waals surface area contributed by atoms with E-state index in [1.54, 1.807) is 17.1 Å². The molecule has 0 fully saturated rings. The van der Waals surface area contributed by atoms with E-state index in [9.17, 15) is 0 Å². The molecule has 5 heteroatoms. The van der Waals surface area contributed by atoms with Crippen LogP contribution >= 0.6 is 0 Å². The van der Waals surface area contributed by atoms with Gasteiger partial charge < -0.3 is 5.73 Å². The molecule has 2 heterocycles. The zero-order valence-electron chi connectivity index (χ0n) is 10.5. The van der Waals surface area contributed by atoms with Crippen molar-refractivity contribution < 1.29 is 0 Å². The molecule has 0 unspecified atom stereocenters. The van der Waals surface area contributed by atoms with Crippen LogP contribution in [0, 0.1) is 6.92 Å². The Labute approximate surface area is 110 Å². The predicted molar refractivity (Wildman–Crippen MR) is 73.7 cm³/mol. The number of hydrogen-bond acceptors (Lipinski definition) is 4. The van der Waals surface area contributed by atoms with E-state index in [4.69, 9.17) is 5.73 Å². The van der Waals surface area contributed by atoms with Crippen molar-refractivity contribution in [2.24, 2.45) is 0 Å². The summed E-state index contributed by atoms with van der Waals surface area (Å²) >= 11 is 0. The summed E-state index contributed by atoms with van der Waals surface area (Å²) in [5.41, 5.74) is 9.66. The summed E-state index contributed by atoms with van der Waals surface area (Å²) in [6, 6.07) is 9.64. The molecule has 19 heavy (non-hydrogen) atoms. The molecule has 0 aliphatic rings. The summed E-state index contributed by atoms with van der Waals surface area (Å²) in [4.78, 5) is 0. The number of aryl methyl sites for hydroxylation is 1. The monoisotopic (exact) mass is 251 g/mol. The summed E-state index contributed by atoms with van der Waals surface area (Å²) in [7, 11) is 0. The molecule has 2 aromatic heterocycles. The van der Waals surface area contributed by atoms with Gasteiger partial charge in [0.2, 0.25) is 0 Å². The van der Waals surface area contributed by atoms with E-state index in [1.165, 1.54) is 0 Å². The minimum atomic E-state index is 0.695. The average molecular weight is 251 g/mol. The average Bonchev–Trinajstić information content (AvgIpc) is 2.89. The second-order valence-corrected chi connectivity index (χ2v) is 4.35. The van der Waals surface area contributed by atoms with E-state index in [-0.39, 0.29) is 0 Å². The maximum absolute atomic E-state index is 5.96. The summed E-state index contributed by atoms with van der Waals surface area (Å²) in [5, 5.41) is 12.3. The quantitative estimate of drug-likeness (QED) is 0.709. The van der Waals surface area contributed by atoms with Crippen molar-refractivity contribution in [1.29, 1.82) is 0 Å². The Kier molecular flexibility index (Phi) is 2.72. The molecule has 0 aliphatic carbocycles. The SMILES string of the molecule is Cc1cnnc(-n2cc(-c3ccccc3N)cn2)c1. The van der Waals surface area contributed by atoms with E-state index >= 15 is 0 Å². The number of rotatable bonds is 2. The number of para-hydroxylation sites is 1. The molecular formula is C14H13N5. The first-order chi connectivity index (χ1) is 9.24. The highest BCUT2D eigenvalue weighted by atomic mass is 15.3. The Hall–Kier alpha value is -2.69. The van der Waals surface area contributed by atoms with Gasteiger partial charge in [-0.25, -0.2) is 4.68 Å². The van der Waals surface area contributed by atoms with Crippen LogP contribution in [0.5, 0.6) is 0 Å². The van der Waals surface area contributed by atoms with E-state index in [0.29, 0.717) is 5.82 Å². The van der Waals surface area contributed by atoms with Gasteiger partial charge in [0, 0.05) is 23.0 Å². The first kappa shape index (κ1) is 11.4. The Bertz CT molecular complexity index is 717. The van der Waals surface area contributed by atoms with Gasteiger partial charge in [-0.1, -0.05) is 18.2 Å². The third-order valence-electron chi connectivity index (χ3n) is 2.87. The molecule has 0 amide bonds. The van der Waals surface area contributed by atoms with Crippen LogP contribution in [0.3, 0.4) is 0 Å². The standard InChI is InChI=1S/C14H13N5/c1-10-6-14(18-16-7-10)19-9-11(8-17-19)12-4-2-3-5-13(12)15/h2-9H,15H2,1H3. The Morgan fingerprint density at radius 2 is 2.00 bits per heavy atom. The number of nitrogens with zero attached hydrogens (tertiary/aromatic N) is 4. The van der Waals surface area contributed by atoms with Gasteiger partial charge in [0.1, 0.15) is 0 Å². The number of nitrogen functional groups attached to an aromatic ring is 1. The van der Waals surface area contributed by atoms with Gasteiger partial charge in [-0.2, -0.15) is 10.2 Å². The van der Waals surface area contributed by atoms with Crippen LogP contribution in [0.15, 0.2) is 48.9 Å². The lowest BCUT2D eigenvalue weighted by Crippen LogP contribution is -1.99. The van der Waals surface area contributed by atoms with E-state index < -0.39 is 0 Å². The van der Waals surface area contributed by atoms with Crippen molar-refractivity contribution in [3.63, 3.8) is 0 Å². The predicted octanol–water partition coefficient (Wildman–Crippen LogP) is 2.22. The fourth-order valence-corrected chi connectivity index (χ4v) is 1.91. The van der Waals surface area contributed by atoms with Crippen molar-refractivity contribution in [1.82, 2.24) is 20.0 Å². The molecule has 0 radical (unpaired) electrons. The van der Waals surface area contributed by atoms with Gasteiger partial charge in [0.05, 0.1) is 12.4 Å². The molecule has 2 N–H and O–H groups in total. The maximum Gasteiger partial charge on any atom is 0.175 e. The molecule has 0 aliphatic heterocycles. The smallest absolute Gasteiger partial charge is 0.175 e. The molecule has 1 aromatic carbocycles. The molecular weight excluding hydrogens is 238 g/mol. The summed E-state index contributed by atoms with van der Waals surface area (Å²) < 4.78 is 1.70. The van der Waals surface area contributed by atoms with Crippen molar-refractivity contribution in [3.05, 3.63) is 54.5 Å². The topological polar surface area (TPSA) is 69.6 Å². The molecule has 0 bridgehead atoms. The summed E-state index contributed by atoms with van der Waals surface area (Å²) in [5.74, 6) is 0.695. The lowest BCUT2D eigenvalue weighted by Gasteiger charge is -2.01. The Balaban J connectivity index is 2.03. The fraction of sp³-hybridized carbons (Fsp3) is 0.0714. The first-order valence-corrected chi connectivity index (χ1v) is 5.93. The Morgan fingerprint density at radius 3 is 2.79 bits per heavy atom. The van der Waals surface area contributed by atoms with Crippen LogP contribution in [-0.2, 0) is 0 Å². The van der Waals surface area contributed by atoms with Crippen LogP contribution in [0.25, 0.3) is 16.9 Å². The lowest BCUT2D eigenvalue weighted by molar-refractivity contribution is 0.810. The molecule has 3 rings (SSSR count). The first-order valence-electron chi connectivity index (χ1n) is 5.93. The van der Waals surface area contributed by atoms with Gasteiger partial charge in [0.15, 0.2) is 5.82 Å². The Morgan fingerprint density at radius 1 is 1.16 bits per heavy atom. The lowest BCUT2D eigenvalue weighted by atomic mass is 10.1. The fourth-order valence-electron chi connectivity index (χ4n) is 1.91. The normalized spacial score (nSPS) is 10.6. The highest BCUT2D eigenvalue weighted by Gasteiger charge is 2.07. The molecule has 5 nitrogen and oxygen atoms in total. The number of aromatic nitrogens is 4. The number of benzene rings is 1. The highest BCUT2D eigenvalue weighted by Crippen LogP contribution is 2.25. The van der Waals surface area contributed by atoms with Crippen molar-refractivity contribution >= 4 is 5.69 Å². The van der Waals surface area contributed by atoms with Crippen molar-refractivity contribution in [3.8, 4) is 16.9 Å². The minimum Gasteiger partial charge on any atom is -0.398 e.